The Bertz CT molecular complexity index is 389. The summed E-state index contributed by atoms with van der Waals surface area (Å²) < 4.78 is 0. The Balaban J connectivity index is 1.59. The van der Waals surface area contributed by atoms with Crippen molar-refractivity contribution in [1.29, 1.82) is 0 Å². The predicted octanol–water partition coefficient (Wildman–Crippen LogP) is 1.08. The van der Waals surface area contributed by atoms with Crippen LogP contribution in [0, 0.1) is 0 Å². The fraction of sp³-hybridized carbons (Fsp3) is 0.300. The van der Waals surface area contributed by atoms with Crippen LogP contribution < -0.4 is 5.32 Å². The van der Waals surface area contributed by atoms with Crippen LogP contribution in [0.2, 0.25) is 0 Å². The number of aromatic amines is 1. The lowest BCUT2D eigenvalue weighted by Crippen LogP contribution is -2.17. The van der Waals surface area contributed by atoms with E-state index in [-0.39, 0.29) is 0 Å². The van der Waals surface area contributed by atoms with Crippen LogP contribution in [-0.2, 0) is 6.54 Å². The van der Waals surface area contributed by atoms with Crippen molar-refractivity contribution in [2.45, 2.75) is 11.7 Å². The van der Waals surface area contributed by atoms with Crippen LogP contribution in [-0.4, -0.2) is 32.5 Å². The summed E-state index contributed by atoms with van der Waals surface area (Å²) in [5, 5.41) is 10.8. The number of hydrogen-bond donors (Lipinski definition) is 2. The molecule has 2 N–H and O–H groups in total. The van der Waals surface area contributed by atoms with Crippen LogP contribution in [0.4, 0.5) is 0 Å². The highest BCUT2D eigenvalue weighted by Gasteiger charge is 1.96. The summed E-state index contributed by atoms with van der Waals surface area (Å²) in [4.78, 5) is 8.26. The molecular formula is C10H13N5S. The monoisotopic (exact) mass is 235 g/mol. The van der Waals surface area contributed by atoms with Crippen molar-refractivity contribution in [2.24, 2.45) is 0 Å². The van der Waals surface area contributed by atoms with Gasteiger partial charge in [-0.1, -0.05) is 17.8 Å². The van der Waals surface area contributed by atoms with Gasteiger partial charge in [-0.2, -0.15) is 5.10 Å². The van der Waals surface area contributed by atoms with Gasteiger partial charge in [-0.3, -0.25) is 10.1 Å². The molecule has 5 nitrogen and oxygen atoms in total. The standard InChI is InChI=1S/C10H13N5S/c1-2-4-12-9(3-1)7-11-5-6-16-10-13-8-14-15-10/h1-4,8,11H,5-7H2,(H,13,14,15). The lowest BCUT2D eigenvalue weighted by Gasteiger charge is -2.02. The van der Waals surface area contributed by atoms with Crippen molar-refractivity contribution in [3.63, 3.8) is 0 Å². The number of H-pyrrole nitrogens is 1. The van der Waals surface area contributed by atoms with Gasteiger partial charge in [0.05, 0.1) is 5.69 Å². The molecule has 2 aromatic heterocycles. The number of thioether (sulfide) groups is 1. The van der Waals surface area contributed by atoms with E-state index in [4.69, 9.17) is 0 Å². The number of pyridine rings is 1. The second-order valence-electron chi connectivity index (χ2n) is 3.14. The smallest absolute Gasteiger partial charge is 0.183 e. The van der Waals surface area contributed by atoms with E-state index in [1.807, 2.05) is 18.2 Å². The molecule has 0 bridgehead atoms. The molecule has 0 unspecified atom stereocenters. The molecule has 0 radical (unpaired) electrons. The van der Waals surface area contributed by atoms with E-state index in [1.165, 1.54) is 6.33 Å². The maximum atomic E-state index is 4.23. The van der Waals surface area contributed by atoms with Crippen molar-refractivity contribution < 1.29 is 0 Å². The maximum absolute atomic E-state index is 4.23. The van der Waals surface area contributed by atoms with E-state index in [2.05, 4.69) is 25.5 Å². The molecule has 84 valence electrons. The molecule has 0 aliphatic heterocycles. The van der Waals surface area contributed by atoms with E-state index in [9.17, 15) is 0 Å². The van der Waals surface area contributed by atoms with E-state index in [0.717, 1.165) is 29.7 Å². The molecule has 0 amide bonds. The van der Waals surface area contributed by atoms with Gasteiger partial charge in [-0.25, -0.2) is 4.98 Å². The van der Waals surface area contributed by atoms with E-state index in [0.29, 0.717) is 0 Å². The number of nitrogens with one attached hydrogen (secondary N) is 2. The lowest BCUT2D eigenvalue weighted by atomic mass is 10.3. The number of nitrogens with zero attached hydrogens (tertiary/aromatic N) is 3. The topological polar surface area (TPSA) is 66.5 Å². The Labute approximate surface area is 98.1 Å². The zero-order chi connectivity index (χ0) is 11.1. The minimum absolute atomic E-state index is 0.803. The largest absolute Gasteiger partial charge is 0.310 e. The lowest BCUT2D eigenvalue weighted by molar-refractivity contribution is 0.715. The van der Waals surface area contributed by atoms with E-state index >= 15 is 0 Å². The van der Waals surface area contributed by atoms with Gasteiger partial charge in [0, 0.05) is 25.0 Å². The minimum atomic E-state index is 0.803. The van der Waals surface area contributed by atoms with Gasteiger partial charge in [0.1, 0.15) is 6.33 Å². The van der Waals surface area contributed by atoms with Crippen LogP contribution in [0.5, 0.6) is 0 Å². The molecule has 2 rings (SSSR count). The number of rotatable bonds is 6. The van der Waals surface area contributed by atoms with Crippen LogP contribution in [0.1, 0.15) is 5.69 Å². The molecule has 0 aliphatic rings. The van der Waals surface area contributed by atoms with Gasteiger partial charge >= 0.3 is 0 Å². The minimum Gasteiger partial charge on any atom is -0.310 e. The molecule has 6 heteroatoms. The van der Waals surface area contributed by atoms with Crippen LogP contribution in [0.25, 0.3) is 0 Å². The summed E-state index contributed by atoms with van der Waals surface area (Å²) in [7, 11) is 0. The summed E-state index contributed by atoms with van der Waals surface area (Å²) >= 11 is 1.65. The normalized spacial score (nSPS) is 10.5. The average molecular weight is 235 g/mol. The van der Waals surface area contributed by atoms with Crippen molar-refractivity contribution in [2.75, 3.05) is 12.3 Å². The van der Waals surface area contributed by atoms with Crippen molar-refractivity contribution in [3.05, 3.63) is 36.4 Å². The van der Waals surface area contributed by atoms with Crippen molar-refractivity contribution in [1.82, 2.24) is 25.5 Å². The Morgan fingerprint density at radius 3 is 3.06 bits per heavy atom. The zero-order valence-corrected chi connectivity index (χ0v) is 9.57. The van der Waals surface area contributed by atoms with Gasteiger partial charge in [-0.15, -0.1) is 0 Å². The first-order chi connectivity index (χ1) is 7.95. The first-order valence-corrected chi connectivity index (χ1v) is 6.02. The molecule has 2 heterocycles. The SMILES string of the molecule is c1ccc(CNCCSc2ncn[nH]2)nc1. The highest BCUT2D eigenvalue weighted by molar-refractivity contribution is 7.99. The maximum Gasteiger partial charge on any atom is 0.183 e. The summed E-state index contributed by atoms with van der Waals surface area (Å²) in [5.41, 5.74) is 1.06. The second kappa shape index (κ2) is 6.24. The Hall–Kier alpha value is -1.40. The van der Waals surface area contributed by atoms with Crippen molar-refractivity contribution in [3.8, 4) is 0 Å². The number of hydrogen-bond acceptors (Lipinski definition) is 5. The molecule has 16 heavy (non-hydrogen) atoms. The van der Waals surface area contributed by atoms with Gasteiger partial charge in [0.25, 0.3) is 0 Å². The molecule has 0 spiro atoms. The fourth-order valence-corrected chi connectivity index (χ4v) is 1.88. The Kier molecular flexibility index (Phi) is 4.33. The van der Waals surface area contributed by atoms with Crippen molar-refractivity contribution >= 4 is 11.8 Å². The average Bonchev–Trinajstić information content (AvgIpc) is 2.83. The first kappa shape index (κ1) is 11.1. The summed E-state index contributed by atoms with van der Waals surface area (Å²) in [6, 6.07) is 5.92. The van der Waals surface area contributed by atoms with Crippen LogP contribution in [0.15, 0.2) is 35.9 Å². The quantitative estimate of drug-likeness (QED) is 0.579. The van der Waals surface area contributed by atoms with Gasteiger partial charge < -0.3 is 5.32 Å². The third-order valence-corrected chi connectivity index (χ3v) is 2.82. The second-order valence-corrected chi connectivity index (χ2v) is 4.22. The van der Waals surface area contributed by atoms with Crippen LogP contribution in [0.3, 0.4) is 0 Å². The van der Waals surface area contributed by atoms with Gasteiger partial charge in [0.15, 0.2) is 5.16 Å². The van der Waals surface area contributed by atoms with E-state index in [1.54, 1.807) is 18.0 Å². The highest BCUT2D eigenvalue weighted by Crippen LogP contribution is 2.08. The Morgan fingerprint density at radius 1 is 1.31 bits per heavy atom. The molecule has 2 aromatic rings. The third-order valence-electron chi connectivity index (χ3n) is 1.94. The molecule has 0 atom stereocenters. The summed E-state index contributed by atoms with van der Waals surface area (Å²) in [6.07, 6.45) is 3.32. The molecule has 0 saturated heterocycles. The highest BCUT2D eigenvalue weighted by atomic mass is 32.2. The zero-order valence-electron chi connectivity index (χ0n) is 8.76. The van der Waals surface area contributed by atoms with Crippen LogP contribution >= 0.6 is 11.8 Å². The molecule has 0 fully saturated rings. The van der Waals surface area contributed by atoms with Gasteiger partial charge in [0.2, 0.25) is 0 Å². The number of aromatic nitrogens is 4. The molecule has 0 aliphatic carbocycles. The van der Waals surface area contributed by atoms with E-state index < -0.39 is 0 Å². The summed E-state index contributed by atoms with van der Waals surface area (Å²) in [6.45, 7) is 1.72. The fourth-order valence-electron chi connectivity index (χ4n) is 1.20. The molecule has 0 aromatic carbocycles. The third kappa shape index (κ3) is 3.63. The predicted molar refractivity (Wildman–Crippen MR) is 63.1 cm³/mol. The van der Waals surface area contributed by atoms with Gasteiger partial charge in [-0.05, 0) is 12.1 Å². The Morgan fingerprint density at radius 2 is 2.31 bits per heavy atom. The first-order valence-electron chi connectivity index (χ1n) is 5.04. The summed E-state index contributed by atoms with van der Waals surface area (Å²) in [5.74, 6) is 0.960. The molecular weight excluding hydrogens is 222 g/mol. The molecule has 0 saturated carbocycles.